The number of nitrogens with zero attached hydrogens (tertiary/aromatic N) is 3. The summed E-state index contributed by atoms with van der Waals surface area (Å²) in [6.07, 6.45) is -0.0529. The number of aromatic nitrogens is 3. The predicted molar refractivity (Wildman–Crippen MR) is 99.5 cm³/mol. The monoisotopic (exact) mass is 411 g/mol. The fraction of sp³-hybridized carbons (Fsp3) is 0.421. The van der Waals surface area contributed by atoms with E-state index in [-0.39, 0.29) is 5.82 Å². The highest BCUT2D eigenvalue weighted by molar-refractivity contribution is 7.11. The Bertz CT molecular complexity index is 927. The molecule has 0 saturated carbocycles. The maximum atomic E-state index is 12.6. The van der Waals surface area contributed by atoms with Crippen molar-refractivity contribution in [1.82, 2.24) is 15.1 Å². The fourth-order valence-corrected chi connectivity index (χ4v) is 3.71. The molecule has 28 heavy (non-hydrogen) atoms. The summed E-state index contributed by atoms with van der Waals surface area (Å²) in [5.74, 6) is -0.726. The Kier molecular flexibility index (Phi) is 6.02. The highest BCUT2D eigenvalue weighted by Crippen LogP contribution is 2.32. The lowest BCUT2D eigenvalue weighted by Crippen LogP contribution is -2.05. The summed E-state index contributed by atoms with van der Waals surface area (Å²) in [7, 11) is 0. The van der Waals surface area contributed by atoms with Crippen molar-refractivity contribution in [3.8, 4) is 17.1 Å². The third kappa shape index (κ3) is 4.70. The number of rotatable bonds is 7. The number of thiazole rings is 1. The molecular weight excluding hydrogens is 391 g/mol. The van der Waals surface area contributed by atoms with Crippen molar-refractivity contribution in [2.75, 3.05) is 6.61 Å². The van der Waals surface area contributed by atoms with Crippen LogP contribution in [0.25, 0.3) is 11.4 Å². The molecule has 2 heterocycles. The van der Waals surface area contributed by atoms with Crippen LogP contribution in [0.5, 0.6) is 5.75 Å². The van der Waals surface area contributed by atoms with Crippen molar-refractivity contribution in [1.29, 1.82) is 0 Å². The number of halogens is 3. The van der Waals surface area contributed by atoms with Crippen LogP contribution in [0, 0.1) is 13.8 Å². The lowest BCUT2D eigenvalue weighted by molar-refractivity contribution is -0.159. The van der Waals surface area contributed by atoms with E-state index in [2.05, 4.69) is 26.6 Å². The summed E-state index contributed by atoms with van der Waals surface area (Å²) < 4.78 is 48.1. The Morgan fingerprint density at radius 1 is 1.18 bits per heavy atom. The molecule has 0 unspecified atom stereocenters. The van der Waals surface area contributed by atoms with E-state index in [9.17, 15) is 13.2 Å². The smallest absolute Gasteiger partial charge is 0.471 e. The van der Waals surface area contributed by atoms with Gasteiger partial charge in [-0.2, -0.15) is 18.2 Å². The van der Waals surface area contributed by atoms with Gasteiger partial charge in [-0.15, -0.1) is 11.3 Å². The molecule has 9 heteroatoms. The van der Waals surface area contributed by atoms with E-state index in [1.54, 1.807) is 23.5 Å². The SMILES string of the molecule is CCc1ncc(CCCOc2c(C)cc(-c3noc(C(F)(F)F)n3)cc2C)s1. The van der Waals surface area contributed by atoms with Crippen LogP contribution < -0.4 is 4.74 Å². The third-order valence-electron chi connectivity index (χ3n) is 4.10. The first-order valence-corrected chi connectivity index (χ1v) is 9.68. The molecule has 1 aromatic carbocycles. The van der Waals surface area contributed by atoms with Gasteiger partial charge in [0.25, 0.3) is 0 Å². The Labute approximate surface area is 164 Å². The first kappa shape index (κ1) is 20.3. The van der Waals surface area contributed by atoms with Gasteiger partial charge in [0.05, 0.1) is 11.6 Å². The molecule has 0 bridgehead atoms. The van der Waals surface area contributed by atoms with Gasteiger partial charge in [-0.1, -0.05) is 12.1 Å². The van der Waals surface area contributed by atoms with E-state index in [4.69, 9.17) is 4.74 Å². The Hall–Kier alpha value is -2.42. The zero-order valence-electron chi connectivity index (χ0n) is 15.8. The number of alkyl halides is 3. The lowest BCUT2D eigenvalue weighted by Gasteiger charge is -2.13. The minimum Gasteiger partial charge on any atom is -0.493 e. The maximum Gasteiger partial charge on any atom is 0.471 e. The fourth-order valence-electron chi connectivity index (χ4n) is 2.81. The normalized spacial score (nSPS) is 11.8. The molecule has 0 aliphatic carbocycles. The summed E-state index contributed by atoms with van der Waals surface area (Å²) in [5, 5.41) is 4.56. The van der Waals surface area contributed by atoms with Crippen molar-refractivity contribution in [3.63, 3.8) is 0 Å². The van der Waals surface area contributed by atoms with Gasteiger partial charge in [0.2, 0.25) is 5.82 Å². The van der Waals surface area contributed by atoms with E-state index >= 15 is 0 Å². The van der Waals surface area contributed by atoms with Gasteiger partial charge in [-0.3, -0.25) is 0 Å². The quantitative estimate of drug-likeness (QED) is 0.487. The summed E-state index contributed by atoms with van der Waals surface area (Å²) in [6.45, 7) is 6.31. The van der Waals surface area contributed by atoms with Crippen molar-refractivity contribution in [2.24, 2.45) is 0 Å². The van der Waals surface area contributed by atoms with Gasteiger partial charge < -0.3 is 9.26 Å². The van der Waals surface area contributed by atoms with Gasteiger partial charge >= 0.3 is 12.1 Å². The second-order valence-corrected chi connectivity index (χ2v) is 7.59. The number of benzene rings is 1. The Morgan fingerprint density at radius 2 is 1.89 bits per heavy atom. The largest absolute Gasteiger partial charge is 0.493 e. The van der Waals surface area contributed by atoms with Gasteiger partial charge in [0.1, 0.15) is 5.75 Å². The van der Waals surface area contributed by atoms with Crippen LogP contribution in [0.4, 0.5) is 13.2 Å². The molecule has 0 atom stereocenters. The molecule has 5 nitrogen and oxygen atoms in total. The van der Waals surface area contributed by atoms with Crippen molar-refractivity contribution in [3.05, 3.63) is 45.2 Å². The van der Waals surface area contributed by atoms with Crippen LogP contribution in [0.2, 0.25) is 0 Å². The van der Waals surface area contributed by atoms with Crippen LogP contribution in [0.3, 0.4) is 0 Å². The van der Waals surface area contributed by atoms with Gasteiger partial charge in [-0.25, -0.2) is 4.98 Å². The zero-order valence-corrected chi connectivity index (χ0v) is 16.6. The summed E-state index contributed by atoms with van der Waals surface area (Å²) in [4.78, 5) is 9.01. The number of aryl methyl sites for hydroxylation is 4. The summed E-state index contributed by atoms with van der Waals surface area (Å²) >= 11 is 1.72. The van der Waals surface area contributed by atoms with Crippen LogP contribution in [-0.2, 0) is 19.0 Å². The lowest BCUT2D eigenvalue weighted by atomic mass is 10.1. The second kappa shape index (κ2) is 8.30. The molecule has 0 N–H and O–H groups in total. The van der Waals surface area contributed by atoms with Crippen LogP contribution in [0.15, 0.2) is 22.9 Å². The second-order valence-electron chi connectivity index (χ2n) is 6.39. The molecule has 0 spiro atoms. The number of hydrogen-bond acceptors (Lipinski definition) is 6. The Morgan fingerprint density at radius 3 is 2.46 bits per heavy atom. The highest BCUT2D eigenvalue weighted by Gasteiger charge is 2.38. The topological polar surface area (TPSA) is 61.0 Å². The zero-order chi connectivity index (χ0) is 20.3. The molecule has 150 valence electrons. The van der Waals surface area contributed by atoms with Crippen LogP contribution in [-0.4, -0.2) is 21.7 Å². The van der Waals surface area contributed by atoms with E-state index < -0.39 is 12.1 Å². The van der Waals surface area contributed by atoms with E-state index in [1.165, 1.54) is 4.88 Å². The average molecular weight is 411 g/mol. The van der Waals surface area contributed by atoms with E-state index in [0.29, 0.717) is 12.2 Å². The minimum atomic E-state index is -4.66. The molecule has 3 aromatic rings. The molecule has 0 aliphatic heterocycles. The average Bonchev–Trinajstić information content (AvgIpc) is 3.29. The first-order valence-electron chi connectivity index (χ1n) is 8.86. The molecule has 2 aromatic heterocycles. The van der Waals surface area contributed by atoms with Gasteiger partial charge in [0.15, 0.2) is 0 Å². The predicted octanol–water partition coefficient (Wildman–Crippen LogP) is 5.40. The highest BCUT2D eigenvalue weighted by atomic mass is 32.1. The van der Waals surface area contributed by atoms with E-state index in [1.807, 2.05) is 20.0 Å². The molecule has 0 aliphatic rings. The molecule has 0 amide bonds. The number of hydrogen-bond donors (Lipinski definition) is 0. The van der Waals surface area contributed by atoms with E-state index in [0.717, 1.165) is 41.1 Å². The molecule has 0 fully saturated rings. The van der Waals surface area contributed by atoms with Crippen LogP contribution in [0.1, 0.15) is 40.2 Å². The van der Waals surface area contributed by atoms with Crippen molar-refractivity contribution in [2.45, 2.75) is 46.2 Å². The van der Waals surface area contributed by atoms with Crippen molar-refractivity contribution < 1.29 is 22.4 Å². The van der Waals surface area contributed by atoms with Gasteiger partial charge in [0, 0.05) is 16.6 Å². The molecule has 0 radical (unpaired) electrons. The molecule has 0 saturated heterocycles. The first-order chi connectivity index (χ1) is 13.3. The van der Waals surface area contributed by atoms with Crippen LogP contribution >= 0.6 is 11.3 Å². The van der Waals surface area contributed by atoms with Crippen molar-refractivity contribution >= 4 is 11.3 Å². The summed E-state index contributed by atoms with van der Waals surface area (Å²) in [6, 6.07) is 3.40. The third-order valence-corrected chi connectivity index (χ3v) is 5.31. The Balaban J connectivity index is 1.64. The molecular formula is C19H20F3N3O2S. The number of ether oxygens (including phenoxy) is 1. The maximum absolute atomic E-state index is 12.6. The standard InChI is InChI=1S/C19H20F3N3O2S/c1-4-15-23-10-14(28-15)6-5-7-26-16-11(2)8-13(9-12(16)3)17-24-18(27-25-17)19(20,21)22/h8-10H,4-7H2,1-3H3. The molecule has 3 rings (SSSR count). The van der Waals surface area contributed by atoms with Gasteiger partial charge in [-0.05, 0) is 56.4 Å². The summed E-state index contributed by atoms with van der Waals surface area (Å²) in [5.41, 5.74) is 2.07. The minimum absolute atomic E-state index is 0.0954.